The summed E-state index contributed by atoms with van der Waals surface area (Å²) >= 11 is 0. The summed E-state index contributed by atoms with van der Waals surface area (Å²) < 4.78 is 20.9. The van der Waals surface area contributed by atoms with Crippen LogP contribution in [0.1, 0.15) is 20.8 Å². The van der Waals surface area contributed by atoms with Gasteiger partial charge in [0.05, 0.1) is 12.5 Å². The third-order valence-corrected chi connectivity index (χ3v) is 4.75. The normalized spacial score (nSPS) is 39.3. The number of carbonyl (C=O) groups excluding carboxylic acids is 1. The van der Waals surface area contributed by atoms with Gasteiger partial charge in [-0.3, -0.25) is 9.59 Å². The van der Waals surface area contributed by atoms with E-state index in [1.165, 1.54) is 0 Å². The lowest BCUT2D eigenvalue weighted by molar-refractivity contribution is -0.383. The summed E-state index contributed by atoms with van der Waals surface area (Å²) in [5, 5.41) is 76.5. The number of aliphatic carboxylic acids is 1. The molecule has 0 aromatic heterocycles. The van der Waals surface area contributed by atoms with Crippen LogP contribution in [-0.4, -0.2) is 127 Å². The first-order chi connectivity index (χ1) is 14.8. The number of aliphatic hydroxyl groups excluding tert-OH is 7. The van der Waals surface area contributed by atoms with Gasteiger partial charge < -0.3 is 59.8 Å². The Labute approximate surface area is 183 Å². The van der Waals surface area contributed by atoms with Crippen LogP contribution >= 0.6 is 0 Å². The minimum atomic E-state index is -2.26. The van der Waals surface area contributed by atoms with Crippen LogP contribution in [0.3, 0.4) is 0 Å². The second kappa shape index (κ2) is 12.1. The molecule has 0 saturated carbocycles. The predicted molar refractivity (Wildman–Crippen MR) is 101 cm³/mol. The quantitative estimate of drug-likeness (QED) is 0.165. The summed E-state index contributed by atoms with van der Waals surface area (Å²) in [5.74, 6) is -4.12. The molecule has 2 heterocycles. The number of carboxylic acid groups (broad SMARTS) is 1. The van der Waals surface area contributed by atoms with Crippen LogP contribution < -0.4 is 0 Å². The molecule has 0 bridgehead atoms. The molecule has 8 N–H and O–H groups in total. The zero-order chi connectivity index (χ0) is 24.8. The molecule has 0 amide bonds. The maximum absolute atomic E-state index is 11.6. The van der Waals surface area contributed by atoms with Gasteiger partial charge in [0.2, 0.25) is 5.79 Å². The molecule has 32 heavy (non-hydrogen) atoms. The number of carbonyl (C=O) groups is 2. The number of hydrogen-bond donors (Lipinski definition) is 8. The lowest BCUT2D eigenvalue weighted by atomic mass is 9.99. The Bertz CT molecular complexity index is 610. The van der Waals surface area contributed by atoms with Crippen LogP contribution in [0.2, 0.25) is 0 Å². The SMILES string of the molecule is CC(=O)O.CC(C)C(=O)OC[C@H]1O[C@H](O[C@]2(CO)O[C@H](CO)[C@@H](O)[C@@H]2O)[C@H](O)[C@@H](O)[C@@H]1O. The van der Waals surface area contributed by atoms with E-state index in [2.05, 4.69) is 0 Å². The minimum absolute atomic E-state index is 0.445. The van der Waals surface area contributed by atoms with Gasteiger partial charge in [-0.2, -0.15) is 0 Å². The third kappa shape index (κ3) is 6.77. The van der Waals surface area contributed by atoms with Crippen molar-refractivity contribution in [2.24, 2.45) is 5.92 Å². The monoisotopic (exact) mass is 472 g/mol. The minimum Gasteiger partial charge on any atom is -0.481 e. The van der Waals surface area contributed by atoms with Crippen LogP contribution in [-0.2, 0) is 28.5 Å². The molecule has 2 fully saturated rings. The number of rotatable bonds is 7. The molecule has 2 aliphatic rings. The maximum atomic E-state index is 11.6. The van der Waals surface area contributed by atoms with Crippen LogP contribution in [0, 0.1) is 5.92 Å². The van der Waals surface area contributed by atoms with Gasteiger partial charge in [0.15, 0.2) is 6.29 Å². The molecule has 14 heteroatoms. The van der Waals surface area contributed by atoms with Gasteiger partial charge in [0.1, 0.15) is 55.9 Å². The number of aliphatic hydroxyl groups is 7. The van der Waals surface area contributed by atoms with Crippen LogP contribution in [0.5, 0.6) is 0 Å². The van der Waals surface area contributed by atoms with E-state index >= 15 is 0 Å². The Morgan fingerprint density at radius 1 is 0.969 bits per heavy atom. The summed E-state index contributed by atoms with van der Waals surface area (Å²) in [6.45, 7) is 2.14. The van der Waals surface area contributed by atoms with Gasteiger partial charge in [0, 0.05) is 6.92 Å². The predicted octanol–water partition coefficient (Wildman–Crippen LogP) is -4.10. The van der Waals surface area contributed by atoms with E-state index in [-0.39, 0.29) is 0 Å². The molecule has 188 valence electrons. The fourth-order valence-corrected chi connectivity index (χ4v) is 2.95. The highest BCUT2D eigenvalue weighted by atomic mass is 16.8. The van der Waals surface area contributed by atoms with Crippen LogP contribution in [0.25, 0.3) is 0 Å². The smallest absolute Gasteiger partial charge is 0.308 e. The standard InChI is InChI=1S/C16H28O12.C2H4O2/c1-6(2)14(24)25-4-8-9(19)11(21)12(22)15(26-8)28-16(5-18)13(23)10(20)7(3-17)27-16;1-2(3)4/h6-13,15,17-23H,3-5H2,1-2H3;1H3,(H,3,4)/t7-,8-,9-,10-,11+,12-,13+,15-,16+;/m1./s1. The van der Waals surface area contributed by atoms with Gasteiger partial charge in [-0.1, -0.05) is 13.8 Å². The molecule has 0 aromatic rings. The highest BCUT2D eigenvalue weighted by Gasteiger charge is 2.58. The van der Waals surface area contributed by atoms with Crippen molar-refractivity contribution in [3.63, 3.8) is 0 Å². The topological polar surface area (TPSA) is 233 Å². The molecule has 0 spiro atoms. The van der Waals surface area contributed by atoms with Gasteiger partial charge in [0.25, 0.3) is 5.97 Å². The first kappa shape index (κ1) is 28.6. The molecule has 2 aliphatic heterocycles. The molecule has 2 saturated heterocycles. The molecule has 0 radical (unpaired) electrons. The van der Waals surface area contributed by atoms with E-state index in [0.29, 0.717) is 0 Å². The second-order valence-electron chi connectivity index (χ2n) is 7.68. The van der Waals surface area contributed by atoms with E-state index in [4.69, 9.17) is 28.8 Å². The lowest BCUT2D eigenvalue weighted by Crippen LogP contribution is -2.62. The van der Waals surface area contributed by atoms with E-state index in [0.717, 1.165) is 6.92 Å². The maximum Gasteiger partial charge on any atom is 0.308 e. The molecular formula is C18H32O14. The summed E-state index contributed by atoms with van der Waals surface area (Å²) in [5.41, 5.74) is 0. The Hall–Kier alpha value is -1.46. The van der Waals surface area contributed by atoms with Crippen LogP contribution in [0.4, 0.5) is 0 Å². The summed E-state index contributed by atoms with van der Waals surface area (Å²) in [6.07, 6.45) is -12.9. The van der Waals surface area contributed by atoms with Gasteiger partial charge in [-0.25, -0.2) is 0 Å². The summed E-state index contributed by atoms with van der Waals surface area (Å²) in [7, 11) is 0. The van der Waals surface area contributed by atoms with Crippen molar-refractivity contribution in [1.82, 2.24) is 0 Å². The second-order valence-corrected chi connectivity index (χ2v) is 7.68. The zero-order valence-electron chi connectivity index (χ0n) is 17.8. The van der Waals surface area contributed by atoms with Gasteiger partial charge >= 0.3 is 5.97 Å². The first-order valence-corrected chi connectivity index (χ1v) is 9.80. The average molecular weight is 472 g/mol. The molecule has 14 nitrogen and oxygen atoms in total. The van der Waals surface area contributed by atoms with Crippen molar-refractivity contribution < 1.29 is 69.4 Å². The number of carboxylic acids is 1. The van der Waals surface area contributed by atoms with Gasteiger partial charge in [-0.05, 0) is 0 Å². The summed E-state index contributed by atoms with van der Waals surface area (Å²) in [6, 6.07) is 0. The lowest BCUT2D eigenvalue weighted by Gasteiger charge is -2.43. The molecule has 2 rings (SSSR count). The number of hydrogen-bond acceptors (Lipinski definition) is 13. The van der Waals surface area contributed by atoms with E-state index in [1.807, 2.05) is 0 Å². The fourth-order valence-electron chi connectivity index (χ4n) is 2.95. The van der Waals surface area contributed by atoms with Crippen molar-refractivity contribution in [2.45, 2.75) is 75.6 Å². The average Bonchev–Trinajstić information content (AvgIpc) is 2.97. The van der Waals surface area contributed by atoms with Crippen molar-refractivity contribution in [2.75, 3.05) is 19.8 Å². The van der Waals surface area contributed by atoms with Crippen LogP contribution in [0.15, 0.2) is 0 Å². The van der Waals surface area contributed by atoms with Crippen molar-refractivity contribution in [3.8, 4) is 0 Å². The van der Waals surface area contributed by atoms with Crippen molar-refractivity contribution in [1.29, 1.82) is 0 Å². The molecule has 0 unspecified atom stereocenters. The molecule has 0 aliphatic carbocycles. The third-order valence-electron chi connectivity index (χ3n) is 4.75. The van der Waals surface area contributed by atoms with E-state index < -0.39 is 92.5 Å². The van der Waals surface area contributed by atoms with Gasteiger partial charge in [-0.15, -0.1) is 0 Å². The highest BCUT2D eigenvalue weighted by Crippen LogP contribution is 2.36. The van der Waals surface area contributed by atoms with E-state index in [1.54, 1.807) is 13.8 Å². The first-order valence-electron chi connectivity index (χ1n) is 9.80. The number of ether oxygens (including phenoxy) is 4. The largest absolute Gasteiger partial charge is 0.481 e. The summed E-state index contributed by atoms with van der Waals surface area (Å²) in [4.78, 5) is 20.6. The zero-order valence-corrected chi connectivity index (χ0v) is 17.8. The van der Waals surface area contributed by atoms with E-state index in [9.17, 15) is 40.5 Å². The molecule has 9 atom stereocenters. The highest BCUT2D eigenvalue weighted by molar-refractivity contribution is 5.71. The van der Waals surface area contributed by atoms with Crippen molar-refractivity contribution in [3.05, 3.63) is 0 Å². The molecule has 0 aromatic carbocycles. The Kier molecular flexibility index (Phi) is 10.8. The Morgan fingerprint density at radius 2 is 1.53 bits per heavy atom. The Morgan fingerprint density at radius 3 is 1.97 bits per heavy atom. The Balaban J connectivity index is 0.00000118. The molecular weight excluding hydrogens is 440 g/mol. The fraction of sp³-hybridized carbons (Fsp3) is 0.889. The number of esters is 1. The van der Waals surface area contributed by atoms with Crippen molar-refractivity contribution >= 4 is 11.9 Å².